The lowest BCUT2D eigenvalue weighted by Crippen LogP contribution is -2.34. The van der Waals surface area contributed by atoms with Crippen molar-refractivity contribution in [3.05, 3.63) is 210 Å². The molecule has 49 heavy (non-hydrogen) atoms. The standard InChI is InChI=1S/C47H31NS/c1-3-14-32(15-4-1)33-26-28-37(29-27-33)48(36-18-5-2-6-19-36)43-24-13-25-44-46(43)47(42-30-34-16-7-8-17-35(34)31-45(42)49-44)40-22-11-9-20-38(40)39-21-10-12-23-41(39)47/h1-31H. The average molecular weight is 642 g/mol. The van der Waals surface area contributed by atoms with Gasteiger partial charge in [-0.3, -0.25) is 0 Å². The minimum absolute atomic E-state index is 0.513. The first kappa shape index (κ1) is 28.2. The molecule has 0 saturated heterocycles. The molecule has 0 bridgehead atoms. The predicted octanol–water partition coefficient (Wildman–Crippen LogP) is 12.8. The first-order valence-corrected chi connectivity index (χ1v) is 17.7. The van der Waals surface area contributed by atoms with Gasteiger partial charge in [-0.05, 0) is 98.2 Å². The van der Waals surface area contributed by atoms with Gasteiger partial charge in [0.25, 0.3) is 0 Å². The molecule has 0 N–H and O–H groups in total. The fraction of sp³-hybridized carbons (Fsp3) is 0.0213. The third-order valence-electron chi connectivity index (χ3n) is 10.3. The molecular formula is C47H31NS. The number of benzene rings is 8. The predicted molar refractivity (Wildman–Crippen MR) is 205 cm³/mol. The van der Waals surface area contributed by atoms with E-state index >= 15 is 0 Å². The molecule has 0 aromatic heterocycles. The molecule has 8 aromatic rings. The molecule has 230 valence electrons. The van der Waals surface area contributed by atoms with Gasteiger partial charge in [-0.2, -0.15) is 0 Å². The number of hydrogen-bond donors (Lipinski definition) is 0. The Morgan fingerprint density at radius 3 is 1.63 bits per heavy atom. The smallest absolute Gasteiger partial charge is 0.0756 e. The molecule has 0 amide bonds. The highest BCUT2D eigenvalue weighted by atomic mass is 32.2. The molecule has 2 heteroatoms. The maximum atomic E-state index is 2.47. The maximum absolute atomic E-state index is 2.47. The molecule has 0 fully saturated rings. The number of anilines is 3. The van der Waals surface area contributed by atoms with E-state index in [0.717, 1.165) is 11.4 Å². The molecular weight excluding hydrogens is 611 g/mol. The van der Waals surface area contributed by atoms with Crippen molar-refractivity contribution in [1.29, 1.82) is 0 Å². The zero-order valence-corrected chi connectivity index (χ0v) is 27.6. The zero-order valence-electron chi connectivity index (χ0n) is 26.8. The Bertz CT molecular complexity index is 2470. The molecule has 1 spiro atoms. The molecule has 2 aliphatic rings. The van der Waals surface area contributed by atoms with Crippen LogP contribution in [0.5, 0.6) is 0 Å². The van der Waals surface area contributed by atoms with Crippen LogP contribution in [0.3, 0.4) is 0 Å². The minimum Gasteiger partial charge on any atom is -0.310 e. The van der Waals surface area contributed by atoms with Crippen LogP contribution in [-0.2, 0) is 5.41 Å². The Hall–Kier alpha value is -5.83. The summed E-state index contributed by atoms with van der Waals surface area (Å²) < 4.78 is 0. The van der Waals surface area contributed by atoms with Crippen molar-refractivity contribution in [3.8, 4) is 22.3 Å². The van der Waals surface area contributed by atoms with Crippen LogP contribution in [0, 0.1) is 0 Å². The van der Waals surface area contributed by atoms with Gasteiger partial charge in [0, 0.05) is 26.7 Å². The highest BCUT2D eigenvalue weighted by Crippen LogP contribution is 2.65. The molecule has 10 rings (SSSR count). The summed E-state index contributed by atoms with van der Waals surface area (Å²) in [5, 5.41) is 2.54. The Labute approximate surface area is 291 Å². The largest absolute Gasteiger partial charge is 0.310 e. The molecule has 0 unspecified atom stereocenters. The molecule has 1 aliphatic carbocycles. The van der Waals surface area contributed by atoms with Crippen LogP contribution in [0.1, 0.15) is 22.3 Å². The van der Waals surface area contributed by atoms with E-state index in [4.69, 9.17) is 0 Å². The van der Waals surface area contributed by atoms with Crippen LogP contribution in [-0.4, -0.2) is 0 Å². The number of fused-ring (bicyclic) bond motifs is 10. The van der Waals surface area contributed by atoms with E-state index in [2.05, 4.69) is 193 Å². The van der Waals surface area contributed by atoms with Gasteiger partial charge in [-0.25, -0.2) is 0 Å². The van der Waals surface area contributed by atoms with Crippen molar-refractivity contribution < 1.29 is 0 Å². The number of hydrogen-bond acceptors (Lipinski definition) is 2. The van der Waals surface area contributed by atoms with Crippen LogP contribution in [0.25, 0.3) is 33.0 Å². The molecule has 0 radical (unpaired) electrons. The lowest BCUT2D eigenvalue weighted by molar-refractivity contribution is 0.724. The van der Waals surface area contributed by atoms with E-state index in [0.29, 0.717) is 0 Å². The molecule has 1 nitrogen and oxygen atoms in total. The fourth-order valence-electron chi connectivity index (χ4n) is 8.25. The first-order chi connectivity index (χ1) is 24.3. The van der Waals surface area contributed by atoms with Gasteiger partial charge in [0.2, 0.25) is 0 Å². The monoisotopic (exact) mass is 641 g/mol. The summed E-state index contributed by atoms with van der Waals surface area (Å²) in [6, 6.07) is 69.2. The number of para-hydroxylation sites is 1. The van der Waals surface area contributed by atoms with E-state index in [1.165, 1.54) is 70.8 Å². The second-order valence-corrected chi connectivity index (χ2v) is 14.0. The van der Waals surface area contributed by atoms with Gasteiger partial charge >= 0.3 is 0 Å². The van der Waals surface area contributed by atoms with E-state index < -0.39 is 5.41 Å². The van der Waals surface area contributed by atoms with Crippen LogP contribution in [0.4, 0.5) is 17.1 Å². The summed E-state index contributed by atoms with van der Waals surface area (Å²) in [6.45, 7) is 0. The van der Waals surface area contributed by atoms with E-state index in [9.17, 15) is 0 Å². The first-order valence-electron chi connectivity index (χ1n) is 16.9. The van der Waals surface area contributed by atoms with E-state index in [1.54, 1.807) is 0 Å². The fourth-order valence-corrected chi connectivity index (χ4v) is 9.50. The second kappa shape index (κ2) is 11.1. The van der Waals surface area contributed by atoms with Crippen molar-refractivity contribution in [1.82, 2.24) is 0 Å². The summed E-state index contributed by atoms with van der Waals surface area (Å²) in [4.78, 5) is 5.06. The highest BCUT2D eigenvalue weighted by molar-refractivity contribution is 7.99. The summed E-state index contributed by atoms with van der Waals surface area (Å²) in [5.74, 6) is 0. The van der Waals surface area contributed by atoms with E-state index in [-0.39, 0.29) is 0 Å². The highest BCUT2D eigenvalue weighted by Gasteiger charge is 2.52. The van der Waals surface area contributed by atoms with Crippen LogP contribution < -0.4 is 4.90 Å². The van der Waals surface area contributed by atoms with Crippen molar-refractivity contribution in [2.45, 2.75) is 15.2 Å². The molecule has 1 heterocycles. The van der Waals surface area contributed by atoms with Crippen LogP contribution >= 0.6 is 11.8 Å². The molecule has 8 aromatic carbocycles. The lowest BCUT2D eigenvalue weighted by Gasteiger charge is -2.43. The van der Waals surface area contributed by atoms with Gasteiger partial charge in [0.1, 0.15) is 0 Å². The maximum Gasteiger partial charge on any atom is 0.0756 e. The van der Waals surface area contributed by atoms with Gasteiger partial charge in [-0.15, -0.1) is 0 Å². The minimum atomic E-state index is -0.513. The summed E-state index contributed by atoms with van der Waals surface area (Å²) in [5.41, 5.74) is 13.3. The molecule has 0 atom stereocenters. The van der Waals surface area contributed by atoms with Crippen molar-refractivity contribution in [3.63, 3.8) is 0 Å². The summed E-state index contributed by atoms with van der Waals surface area (Å²) >= 11 is 1.90. The molecule has 0 saturated carbocycles. The van der Waals surface area contributed by atoms with Crippen molar-refractivity contribution in [2.75, 3.05) is 4.90 Å². The van der Waals surface area contributed by atoms with Crippen LogP contribution in [0.15, 0.2) is 198 Å². The van der Waals surface area contributed by atoms with Crippen molar-refractivity contribution >= 4 is 39.6 Å². The Morgan fingerprint density at radius 2 is 0.939 bits per heavy atom. The van der Waals surface area contributed by atoms with Crippen LogP contribution in [0.2, 0.25) is 0 Å². The Balaban J connectivity index is 1.30. The third kappa shape index (κ3) is 4.21. The SMILES string of the molecule is c1ccc(-c2ccc(N(c3ccccc3)c3cccc4c3C3(c5cc6ccccc6cc5S4)c4ccccc4-c4ccccc43)cc2)cc1. The van der Waals surface area contributed by atoms with Gasteiger partial charge in [0.05, 0.1) is 11.1 Å². The zero-order chi connectivity index (χ0) is 32.4. The van der Waals surface area contributed by atoms with E-state index in [1.807, 2.05) is 11.8 Å². The average Bonchev–Trinajstić information content (AvgIpc) is 3.46. The summed E-state index contributed by atoms with van der Waals surface area (Å²) in [6.07, 6.45) is 0. The quantitative estimate of drug-likeness (QED) is 0.188. The second-order valence-electron chi connectivity index (χ2n) is 12.9. The number of rotatable bonds is 4. The summed E-state index contributed by atoms with van der Waals surface area (Å²) in [7, 11) is 0. The molecule has 1 aliphatic heterocycles. The van der Waals surface area contributed by atoms with Gasteiger partial charge in [0.15, 0.2) is 0 Å². The topological polar surface area (TPSA) is 3.24 Å². The third-order valence-corrected chi connectivity index (χ3v) is 11.4. The van der Waals surface area contributed by atoms with Gasteiger partial charge in [-0.1, -0.05) is 151 Å². The lowest BCUT2D eigenvalue weighted by atomic mass is 9.66. The number of nitrogens with zero attached hydrogens (tertiary/aromatic N) is 1. The Morgan fingerprint density at radius 1 is 0.388 bits per heavy atom. The van der Waals surface area contributed by atoms with Crippen molar-refractivity contribution in [2.24, 2.45) is 0 Å². The normalized spacial score (nSPS) is 13.4. The Kier molecular flexibility index (Phi) is 6.40. The van der Waals surface area contributed by atoms with Gasteiger partial charge < -0.3 is 4.90 Å².